The summed E-state index contributed by atoms with van der Waals surface area (Å²) in [5.41, 5.74) is 0.558. The van der Waals surface area contributed by atoms with E-state index in [0.717, 1.165) is 18.9 Å². The van der Waals surface area contributed by atoms with Gasteiger partial charge in [-0.2, -0.15) is 4.31 Å². The molecule has 0 aliphatic carbocycles. The molecule has 0 saturated carbocycles. The molecule has 1 rings (SSSR count). The topological polar surface area (TPSA) is 37.4 Å². The summed E-state index contributed by atoms with van der Waals surface area (Å²) in [4.78, 5) is -0.299. The molecule has 6 heteroatoms. The van der Waals surface area contributed by atoms with Crippen LogP contribution in [0.5, 0.6) is 0 Å². The highest BCUT2D eigenvalue weighted by Gasteiger charge is 2.27. The van der Waals surface area contributed by atoms with Crippen LogP contribution in [0, 0.1) is 5.82 Å². The van der Waals surface area contributed by atoms with E-state index >= 15 is 0 Å². The third-order valence-electron chi connectivity index (χ3n) is 3.13. The average molecular weight is 308 g/mol. The van der Waals surface area contributed by atoms with Crippen LogP contribution < -0.4 is 0 Å². The zero-order valence-corrected chi connectivity index (χ0v) is 12.9. The second-order valence-corrected chi connectivity index (χ2v) is 6.79. The van der Waals surface area contributed by atoms with Crippen molar-refractivity contribution in [2.24, 2.45) is 0 Å². The Morgan fingerprint density at radius 3 is 2.53 bits per heavy atom. The highest BCUT2D eigenvalue weighted by molar-refractivity contribution is 7.89. The molecule has 0 amide bonds. The summed E-state index contributed by atoms with van der Waals surface area (Å²) in [5.74, 6) is -0.604. The second-order valence-electron chi connectivity index (χ2n) is 4.56. The fourth-order valence-corrected chi connectivity index (χ4v) is 3.43. The molecule has 0 aliphatic heterocycles. The van der Waals surface area contributed by atoms with E-state index in [0.29, 0.717) is 5.56 Å². The number of nitrogens with zero attached hydrogens (tertiary/aromatic N) is 1. The first-order chi connectivity index (χ1) is 8.84. The molecule has 0 bridgehead atoms. The van der Waals surface area contributed by atoms with Crippen molar-refractivity contribution in [1.29, 1.82) is 0 Å². The third-order valence-corrected chi connectivity index (χ3v) is 5.45. The standard InChI is InChI=1S/C13H19ClFNO2S/c1-4-5-10(2)16(3)19(17,18)13-7-6-11(9-14)8-12(13)15/h6-8,10H,4-5,9H2,1-3H3. The summed E-state index contributed by atoms with van der Waals surface area (Å²) in [5, 5.41) is 0. The number of rotatable bonds is 6. The van der Waals surface area contributed by atoms with E-state index in [1.165, 1.54) is 23.5 Å². The van der Waals surface area contributed by atoms with E-state index in [2.05, 4.69) is 0 Å². The lowest BCUT2D eigenvalue weighted by Gasteiger charge is -2.24. The van der Waals surface area contributed by atoms with Crippen LogP contribution in [0.25, 0.3) is 0 Å². The van der Waals surface area contributed by atoms with Gasteiger partial charge in [0.25, 0.3) is 0 Å². The van der Waals surface area contributed by atoms with Crippen LogP contribution in [-0.2, 0) is 15.9 Å². The summed E-state index contributed by atoms with van der Waals surface area (Å²) in [6.07, 6.45) is 1.60. The Morgan fingerprint density at radius 1 is 1.42 bits per heavy atom. The Balaban J connectivity index is 3.13. The van der Waals surface area contributed by atoms with Crippen LogP contribution in [0.3, 0.4) is 0 Å². The Morgan fingerprint density at radius 2 is 2.05 bits per heavy atom. The monoisotopic (exact) mass is 307 g/mol. The molecule has 0 spiro atoms. The van der Waals surface area contributed by atoms with Crippen LogP contribution in [0.2, 0.25) is 0 Å². The van der Waals surface area contributed by atoms with Gasteiger partial charge in [-0.05, 0) is 31.0 Å². The van der Waals surface area contributed by atoms with E-state index in [1.54, 1.807) is 0 Å². The van der Waals surface area contributed by atoms with Gasteiger partial charge in [0.15, 0.2) is 0 Å². The highest BCUT2D eigenvalue weighted by Crippen LogP contribution is 2.22. The van der Waals surface area contributed by atoms with E-state index in [4.69, 9.17) is 11.6 Å². The quantitative estimate of drug-likeness (QED) is 0.756. The third kappa shape index (κ3) is 3.68. The Hall–Kier alpha value is -0.650. The molecule has 0 N–H and O–H groups in total. The fourth-order valence-electron chi connectivity index (χ4n) is 1.83. The van der Waals surface area contributed by atoms with E-state index in [9.17, 15) is 12.8 Å². The first-order valence-corrected chi connectivity index (χ1v) is 8.14. The van der Waals surface area contributed by atoms with E-state index in [1.807, 2.05) is 13.8 Å². The minimum Gasteiger partial charge on any atom is -0.207 e. The Labute approximate surface area is 119 Å². The van der Waals surface area contributed by atoms with Gasteiger partial charge in [0, 0.05) is 19.0 Å². The van der Waals surface area contributed by atoms with Crippen molar-refractivity contribution in [2.45, 2.75) is 43.5 Å². The van der Waals surface area contributed by atoms with Crippen LogP contribution in [0.1, 0.15) is 32.3 Å². The van der Waals surface area contributed by atoms with Gasteiger partial charge in [0.1, 0.15) is 10.7 Å². The Kier molecular flexibility index (Phi) is 5.77. The van der Waals surface area contributed by atoms with E-state index < -0.39 is 15.8 Å². The lowest BCUT2D eigenvalue weighted by Crippen LogP contribution is -2.35. The number of hydrogen-bond acceptors (Lipinski definition) is 2. The molecular formula is C13H19ClFNO2S. The van der Waals surface area contributed by atoms with E-state index in [-0.39, 0.29) is 16.8 Å². The van der Waals surface area contributed by atoms with Crippen LogP contribution in [0.15, 0.2) is 23.1 Å². The van der Waals surface area contributed by atoms with Crippen molar-refractivity contribution >= 4 is 21.6 Å². The van der Waals surface area contributed by atoms with Gasteiger partial charge in [0.05, 0.1) is 0 Å². The fraction of sp³-hybridized carbons (Fsp3) is 0.538. The molecule has 1 unspecified atom stereocenters. The number of hydrogen-bond donors (Lipinski definition) is 0. The van der Waals surface area contributed by atoms with Gasteiger partial charge >= 0.3 is 0 Å². The number of benzene rings is 1. The van der Waals surface area contributed by atoms with Gasteiger partial charge in [-0.1, -0.05) is 19.4 Å². The molecule has 1 aromatic rings. The molecule has 0 fully saturated rings. The van der Waals surface area contributed by atoms with Crippen molar-refractivity contribution in [2.75, 3.05) is 7.05 Å². The lowest BCUT2D eigenvalue weighted by molar-refractivity contribution is 0.366. The molecule has 19 heavy (non-hydrogen) atoms. The average Bonchev–Trinajstić information content (AvgIpc) is 2.37. The number of halogens is 2. The maximum atomic E-state index is 13.9. The second kappa shape index (κ2) is 6.68. The van der Waals surface area contributed by atoms with Gasteiger partial charge < -0.3 is 0 Å². The predicted octanol–water partition coefficient (Wildman–Crippen LogP) is 3.37. The zero-order chi connectivity index (χ0) is 14.6. The maximum absolute atomic E-state index is 13.9. The van der Waals surface area contributed by atoms with Gasteiger partial charge in [-0.25, -0.2) is 12.8 Å². The SMILES string of the molecule is CCCC(C)N(C)S(=O)(=O)c1ccc(CCl)cc1F. The van der Waals surface area contributed by atoms with Crippen molar-refractivity contribution < 1.29 is 12.8 Å². The van der Waals surface area contributed by atoms with Crippen LogP contribution in [-0.4, -0.2) is 25.8 Å². The summed E-state index contributed by atoms with van der Waals surface area (Å²) >= 11 is 5.59. The lowest BCUT2D eigenvalue weighted by atomic mass is 10.2. The van der Waals surface area contributed by atoms with Gasteiger partial charge in [-0.3, -0.25) is 0 Å². The molecule has 0 saturated heterocycles. The normalized spacial score (nSPS) is 13.8. The number of sulfonamides is 1. The first kappa shape index (κ1) is 16.4. The summed E-state index contributed by atoms with van der Waals surface area (Å²) in [6.45, 7) is 3.79. The predicted molar refractivity (Wildman–Crippen MR) is 75.3 cm³/mol. The van der Waals surface area contributed by atoms with Crippen molar-refractivity contribution in [3.63, 3.8) is 0 Å². The van der Waals surface area contributed by atoms with Crippen molar-refractivity contribution in [3.05, 3.63) is 29.6 Å². The smallest absolute Gasteiger partial charge is 0.207 e. The zero-order valence-electron chi connectivity index (χ0n) is 11.4. The Bertz CT molecular complexity index is 533. The molecule has 1 atom stereocenters. The maximum Gasteiger partial charge on any atom is 0.245 e. The molecule has 108 valence electrons. The van der Waals surface area contributed by atoms with Crippen molar-refractivity contribution in [3.8, 4) is 0 Å². The summed E-state index contributed by atoms with van der Waals surface area (Å²) < 4.78 is 39.7. The molecular weight excluding hydrogens is 289 g/mol. The van der Waals surface area contributed by atoms with Gasteiger partial charge in [-0.15, -0.1) is 11.6 Å². The molecule has 0 aliphatic rings. The number of alkyl halides is 1. The van der Waals surface area contributed by atoms with Crippen LogP contribution in [0.4, 0.5) is 4.39 Å². The summed E-state index contributed by atoms with van der Waals surface area (Å²) in [6, 6.07) is 3.80. The highest BCUT2D eigenvalue weighted by atomic mass is 35.5. The van der Waals surface area contributed by atoms with Crippen LogP contribution >= 0.6 is 11.6 Å². The minimum atomic E-state index is -3.80. The molecule has 0 aromatic heterocycles. The minimum absolute atomic E-state index is 0.152. The molecule has 3 nitrogen and oxygen atoms in total. The largest absolute Gasteiger partial charge is 0.245 e. The summed E-state index contributed by atoms with van der Waals surface area (Å²) in [7, 11) is -2.32. The first-order valence-electron chi connectivity index (χ1n) is 6.17. The van der Waals surface area contributed by atoms with Gasteiger partial charge in [0.2, 0.25) is 10.0 Å². The molecule has 0 radical (unpaired) electrons. The molecule has 1 aromatic carbocycles. The van der Waals surface area contributed by atoms with Crippen molar-refractivity contribution in [1.82, 2.24) is 4.31 Å². The molecule has 0 heterocycles.